The number of nitrogens with zero attached hydrogens (tertiary/aromatic N) is 3. The summed E-state index contributed by atoms with van der Waals surface area (Å²) in [6.07, 6.45) is 4.43. The third kappa shape index (κ3) is 3.15. The number of aromatic nitrogens is 2. The highest BCUT2D eigenvalue weighted by Gasteiger charge is 2.26. The van der Waals surface area contributed by atoms with Gasteiger partial charge in [-0.25, -0.2) is 4.98 Å². The number of rotatable bonds is 4. The molecule has 1 aromatic heterocycles. The van der Waals surface area contributed by atoms with E-state index < -0.39 is 4.92 Å². The standard InChI is InChI=1S/C13H21N5O2/c1-8-5-4-6-10(7-8)16-12-11(18(19)20)9(2)15-13(14-3)17-12/h8,10H,4-7H2,1-3H3,(H2,14,15,16,17). The third-order valence-corrected chi connectivity index (χ3v) is 3.74. The number of anilines is 2. The lowest BCUT2D eigenvalue weighted by Crippen LogP contribution is -2.27. The molecule has 0 aliphatic heterocycles. The van der Waals surface area contributed by atoms with Crippen LogP contribution in [0.5, 0.6) is 0 Å². The van der Waals surface area contributed by atoms with E-state index in [0.29, 0.717) is 23.4 Å². The SMILES string of the molecule is CNc1nc(C)c([N+](=O)[O-])c(NC2CCCC(C)C2)n1. The Bertz CT molecular complexity index is 506. The molecule has 0 radical (unpaired) electrons. The molecule has 110 valence electrons. The lowest BCUT2D eigenvalue weighted by atomic mass is 9.87. The largest absolute Gasteiger partial charge is 0.361 e. The lowest BCUT2D eigenvalue weighted by molar-refractivity contribution is -0.385. The molecule has 0 amide bonds. The number of nitrogens with one attached hydrogen (secondary N) is 2. The maximum atomic E-state index is 11.2. The van der Waals surface area contributed by atoms with Crippen molar-refractivity contribution in [1.29, 1.82) is 0 Å². The van der Waals surface area contributed by atoms with Crippen LogP contribution in [0.1, 0.15) is 38.3 Å². The molecule has 0 aromatic carbocycles. The van der Waals surface area contributed by atoms with Gasteiger partial charge in [0.2, 0.25) is 11.8 Å². The van der Waals surface area contributed by atoms with Gasteiger partial charge in [-0.05, 0) is 25.7 Å². The molecule has 2 atom stereocenters. The topological polar surface area (TPSA) is 93.0 Å². The zero-order valence-electron chi connectivity index (χ0n) is 12.1. The Morgan fingerprint density at radius 1 is 1.35 bits per heavy atom. The number of hydrogen-bond acceptors (Lipinski definition) is 6. The highest BCUT2D eigenvalue weighted by atomic mass is 16.6. The Balaban J connectivity index is 2.28. The van der Waals surface area contributed by atoms with Crippen molar-refractivity contribution in [1.82, 2.24) is 9.97 Å². The zero-order valence-corrected chi connectivity index (χ0v) is 12.1. The summed E-state index contributed by atoms with van der Waals surface area (Å²) in [6.45, 7) is 3.85. The van der Waals surface area contributed by atoms with Crippen LogP contribution in [0.15, 0.2) is 0 Å². The molecule has 2 rings (SSSR count). The molecule has 0 spiro atoms. The summed E-state index contributed by atoms with van der Waals surface area (Å²) in [6, 6.07) is 0.247. The van der Waals surface area contributed by atoms with Crippen LogP contribution < -0.4 is 10.6 Å². The second-order valence-electron chi connectivity index (χ2n) is 5.45. The van der Waals surface area contributed by atoms with Gasteiger partial charge in [0.15, 0.2) is 0 Å². The molecule has 7 nitrogen and oxygen atoms in total. The molecular weight excluding hydrogens is 258 g/mol. The quantitative estimate of drug-likeness (QED) is 0.650. The van der Waals surface area contributed by atoms with E-state index >= 15 is 0 Å². The van der Waals surface area contributed by atoms with Gasteiger partial charge in [0.25, 0.3) is 0 Å². The van der Waals surface area contributed by atoms with Crippen molar-refractivity contribution >= 4 is 17.5 Å². The van der Waals surface area contributed by atoms with E-state index in [2.05, 4.69) is 27.5 Å². The highest BCUT2D eigenvalue weighted by molar-refractivity contribution is 5.61. The predicted octanol–water partition coefficient (Wildman–Crippen LogP) is 2.73. The van der Waals surface area contributed by atoms with Gasteiger partial charge in [-0.1, -0.05) is 19.8 Å². The molecule has 2 N–H and O–H groups in total. The predicted molar refractivity (Wildman–Crippen MR) is 78.0 cm³/mol. The fourth-order valence-corrected chi connectivity index (χ4v) is 2.76. The number of nitro groups is 1. The number of hydrogen-bond donors (Lipinski definition) is 2. The van der Waals surface area contributed by atoms with Gasteiger partial charge >= 0.3 is 5.69 Å². The monoisotopic (exact) mass is 279 g/mol. The molecule has 1 fully saturated rings. The summed E-state index contributed by atoms with van der Waals surface area (Å²) in [5.74, 6) is 1.37. The zero-order chi connectivity index (χ0) is 14.7. The molecule has 1 aliphatic rings. The first-order valence-electron chi connectivity index (χ1n) is 6.98. The maximum absolute atomic E-state index is 11.2. The Hall–Kier alpha value is -1.92. The molecule has 0 saturated heterocycles. The van der Waals surface area contributed by atoms with Crippen molar-refractivity contribution < 1.29 is 4.92 Å². The molecule has 0 bridgehead atoms. The average molecular weight is 279 g/mol. The summed E-state index contributed by atoms with van der Waals surface area (Å²) < 4.78 is 0. The first-order chi connectivity index (χ1) is 9.51. The van der Waals surface area contributed by atoms with Crippen LogP contribution in [-0.2, 0) is 0 Å². The third-order valence-electron chi connectivity index (χ3n) is 3.74. The molecule has 20 heavy (non-hydrogen) atoms. The van der Waals surface area contributed by atoms with E-state index in [4.69, 9.17) is 0 Å². The first kappa shape index (κ1) is 14.5. The average Bonchev–Trinajstić information content (AvgIpc) is 2.37. The van der Waals surface area contributed by atoms with Crippen LogP contribution in [0.2, 0.25) is 0 Å². The Labute approximate surface area is 118 Å². The smallest absolute Gasteiger partial charge is 0.332 e. The van der Waals surface area contributed by atoms with Gasteiger partial charge in [-0.2, -0.15) is 4.98 Å². The lowest BCUT2D eigenvalue weighted by Gasteiger charge is -2.27. The van der Waals surface area contributed by atoms with Crippen molar-refractivity contribution in [2.75, 3.05) is 17.7 Å². The van der Waals surface area contributed by atoms with E-state index in [9.17, 15) is 10.1 Å². The summed E-state index contributed by atoms with van der Waals surface area (Å²) in [5.41, 5.74) is 0.350. The van der Waals surface area contributed by atoms with E-state index in [1.807, 2.05) is 0 Å². The van der Waals surface area contributed by atoms with Gasteiger partial charge < -0.3 is 10.6 Å². The van der Waals surface area contributed by atoms with E-state index in [0.717, 1.165) is 19.3 Å². The van der Waals surface area contributed by atoms with Crippen LogP contribution in [0.4, 0.5) is 17.5 Å². The summed E-state index contributed by atoms with van der Waals surface area (Å²) >= 11 is 0. The van der Waals surface area contributed by atoms with Crippen LogP contribution in [0.25, 0.3) is 0 Å². The van der Waals surface area contributed by atoms with Crippen molar-refractivity contribution in [3.8, 4) is 0 Å². The highest BCUT2D eigenvalue weighted by Crippen LogP contribution is 2.31. The molecule has 1 aromatic rings. The Morgan fingerprint density at radius 2 is 2.10 bits per heavy atom. The van der Waals surface area contributed by atoms with E-state index in [1.165, 1.54) is 6.42 Å². The molecular formula is C13H21N5O2. The number of aryl methyl sites for hydroxylation is 1. The normalized spacial score (nSPS) is 22.4. The first-order valence-corrected chi connectivity index (χ1v) is 6.98. The molecule has 2 unspecified atom stereocenters. The van der Waals surface area contributed by atoms with Gasteiger partial charge in [0.05, 0.1) is 4.92 Å². The van der Waals surface area contributed by atoms with Crippen LogP contribution in [0.3, 0.4) is 0 Å². The summed E-state index contributed by atoms with van der Waals surface area (Å²) in [7, 11) is 1.70. The van der Waals surface area contributed by atoms with E-state index in [1.54, 1.807) is 14.0 Å². The van der Waals surface area contributed by atoms with Gasteiger partial charge in [0.1, 0.15) is 5.69 Å². The van der Waals surface area contributed by atoms with Crippen molar-refractivity contribution in [3.63, 3.8) is 0 Å². The second-order valence-corrected chi connectivity index (χ2v) is 5.45. The van der Waals surface area contributed by atoms with Crippen molar-refractivity contribution in [3.05, 3.63) is 15.8 Å². The molecule has 7 heteroatoms. The minimum Gasteiger partial charge on any atom is -0.361 e. The minimum absolute atomic E-state index is 0.0257. The van der Waals surface area contributed by atoms with Crippen molar-refractivity contribution in [2.24, 2.45) is 5.92 Å². The van der Waals surface area contributed by atoms with E-state index in [-0.39, 0.29) is 11.7 Å². The molecule has 1 saturated carbocycles. The second kappa shape index (κ2) is 6.02. The maximum Gasteiger partial charge on any atom is 0.332 e. The van der Waals surface area contributed by atoms with Crippen LogP contribution in [-0.4, -0.2) is 28.0 Å². The van der Waals surface area contributed by atoms with Crippen LogP contribution >= 0.6 is 0 Å². The fraction of sp³-hybridized carbons (Fsp3) is 0.692. The molecule has 1 heterocycles. The minimum atomic E-state index is -0.413. The Morgan fingerprint density at radius 3 is 2.70 bits per heavy atom. The fourth-order valence-electron chi connectivity index (χ4n) is 2.76. The Kier molecular flexibility index (Phi) is 4.36. The summed E-state index contributed by atoms with van der Waals surface area (Å²) in [5, 5.41) is 17.3. The van der Waals surface area contributed by atoms with Gasteiger partial charge in [-0.15, -0.1) is 0 Å². The van der Waals surface area contributed by atoms with Crippen molar-refractivity contribution in [2.45, 2.75) is 45.6 Å². The van der Waals surface area contributed by atoms with Gasteiger partial charge in [0, 0.05) is 13.1 Å². The van der Waals surface area contributed by atoms with Crippen LogP contribution in [0, 0.1) is 23.0 Å². The molecule has 1 aliphatic carbocycles. The summed E-state index contributed by atoms with van der Waals surface area (Å²) in [4.78, 5) is 19.1. The van der Waals surface area contributed by atoms with Gasteiger partial charge in [-0.3, -0.25) is 10.1 Å².